The molecular formula is C10H8BrNO3. The summed E-state index contributed by atoms with van der Waals surface area (Å²) in [6, 6.07) is 5.15. The predicted octanol–water partition coefficient (Wildman–Crippen LogP) is 1.96. The van der Waals surface area contributed by atoms with Gasteiger partial charge >= 0.3 is 5.97 Å². The topological polar surface area (TPSA) is 70.3 Å². The van der Waals surface area contributed by atoms with Crippen LogP contribution in [0.5, 0.6) is 5.75 Å². The number of carboxylic acid groups (broad SMARTS) is 1. The van der Waals surface area contributed by atoms with Crippen LogP contribution >= 0.6 is 15.9 Å². The molecule has 0 aromatic heterocycles. The highest BCUT2D eigenvalue weighted by Crippen LogP contribution is 2.31. The first-order valence-electron chi connectivity index (χ1n) is 4.07. The molecular weight excluding hydrogens is 262 g/mol. The molecule has 1 aromatic rings. The Bertz CT molecular complexity index is 437. The van der Waals surface area contributed by atoms with Gasteiger partial charge in [-0.2, -0.15) is 5.26 Å². The highest BCUT2D eigenvalue weighted by molar-refractivity contribution is 9.10. The Morgan fingerprint density at radius 1 is 1.67 bits per heavy atom. The van der Waals surface area contributed by atoms with Crippen molar-refractivity contribution in [1.82, 2.24) is 0 Å². The van der Waals surface area contributed by atoms with Crippen molar-refractivity contribution in [3.63, 3.8) is 0 Å². The zero-order chi connectivity index (χ0) is 11.4. The summed E-state index contributed by atoms with van der Waals surface area (Å²) >= 11 is 3.23. The number of carboxylic acids is 1. The highest BCUT2D eigenvalue weighted by atomic mass is 79.9. The second-order valence-electron chi connectivity index (χ2n) is 2.79. The molecule has 0 radical (unpaired) electrons. The van der Waals surface area contributed by atoms with Crippen LogP contribution in [0.4, 0.5) is 0 Å². The fraction of sp³-hybridized carbons (Fsp3) is 0.200. The third-order valence-corrected chi connectivity index (χ3v) is 2.49. The van der Waals surface area contributed by atoms with Gasteiger partial charge in [0, 0.05) is 5.56 Å². The lowest BCUT2D eigenvalue weighted by molar-refractivity contribution is -0.136. The summed E-state index contributed by atoms with van der Waals surface area (Å²) < 4.78 is 5.70. The van der Waals surface area contributed by atoms with E-state index in [0.717, 1.165) is 0 Å². The molecule has 0 amide bonds. The molecule has 0 aliphatic rings. The predicted molar refractivity (Wildman–Crippen MR) is 56.7 cm³/mol. The summed E-state index contributed by atoms with van der Waals surface area (Å²) in [5.74, 6) is -0.598. The lowest BCUT2D eigenvalue weighted by atomic mass is 10.0. The van der Waals surface area contributed by atoms with Crippen LogP contribution in [0.2, 0.25) is 0 Å². The van der Waals surface area contributed by atoms with Gasteiger partial charge in [-0.15, -0.1) is 0 Å². The first-order chi connectivity index (χ1) is 7.10. The van der Waals surface area contributed by atoms with Crippen LogP contribution in [0, 0.1) is 11.3 Å². The fourth-order valence-corrected chi connectivity index (χ4v) is 1.78. The number of rotatable bonds is 3. The van der Waals surface area contributed by atoms with Crippen LogP contribution in [0.1, 0.15) is 11.1 Å². The molecule has 78 valence electrons. The zero-order valence-corrected chi connectivity index (χ0v) is 9.54. The molecule has 1 aromatic carbocycles. The van der Waals surface area contributed by atoms with Gasteiger partial charge < -0.3 is 9.84 Å². The molecule has 0 saturated heterocycles. The molecule has 0 bridgehead atoms. The monoisotopic (exact) mass is 269 g/mol. The van der Waals surface area contributed by atoms with Crippen LogP contribution in [0.25, 0.3) is 0 Å². The Balaban J connectivity index is 3.35. The molecule has 1 N–H and O–H groups in total. The molecule has 5 heteroatoms. The van der Waals surface area contributed by atoms with Gasteiger partial charge in [0.15, 0.2) is 0 Å². The van der Waals surface area contributed by atoms with Crippen molar-refractivity contribution in [2.45, 2.75) is 6.42 Å². The number of hydrogen-bond acceptors (Lipinski definition) is 3. The van der Waals surface area contributed by atoms with Gasteiger partial charge in [0.1, 0.15) is 5.75 Å². The third-order valence-electron chi connectivity index (χ3n) is 1.87. The first kappa shape index (κ1) is 11.5. The largest absolute Gasteiger partial charge is 0.495 e. The van der Waals surface area contributed by atoms with Crippen LogP contribution in [0.3, 0.4) is 0 Å². The summed E-state index contributed by atoms with van der Waals surface area (Å²) in [6.45, 7) is 0. The molecule has 0 aliphatic carbocycles. The second-order valence-corrected chi connectivity index (χ2v) is 3.64. The van der Waals surface area contributed by atoms with Gasteiger partial charge in [-0.25, -0.2) is 0 Å². The van der Waals surface area contributed by atoms with E-state index in [1.54, 1.807) is 12.1 Å². The van der Waals surface area contributed by atoms with E-state index in [4.69, 9.17) is 15.1 Å². The Kier molecular flexibility index (Phi) is 3.69. The van der Waals surface area contributed by atoms with E-state index >= 15 is 0 Å². The molecule has 0 saturated carbocycles. The van der Waals surface area contributed by atoms with E-state index in [2.05, 4.69) is 15.9 Å². The first-order valence-corrected chi connectivity index (χ1v) is 4.86. The number of ether oxygens (including phenoxy) is 1. The average Bonchev–Trinajstić information content (AvgIpc) is 2.18. The minimum absolute atomic E-state index is 0.231. The Morgan fingerprint density at radius 3 is 2.80 bits per heavy atom. The van der Waals surface area contributed by atoms with Crippen LogP contribution in [-0.4, -0.2) is 18.2 Å². The van der Waals surface area contributed by atoms with Gasteiger partial charge in [0.05, 0.1) is 29.6 Å². The summed E-state index contributed by atoms with van der Waals surface area (Å²) in [6.07, 6.45) is -0.231. The lowest BCUT2D eigenvalue weighted by Gasteiger charge is -2.10. The minimum atomic E-state index is -0.997. The average molecular weight is 270 g/mol. The quantitative estimate of drug-likeness (QED) is 0.911. The molecule has 1 rings (SSSR count). The fourth-order valence-electron chi connectivity index (χ4n) is 1.25. The van der Waals surface area contributed by atoms with E-state index in [9.17, 15) is 4.79 Å². The van der Waals surface area contributed by atoms with Crippen molar-refractivity contribution in [1.29, 1.82) is 5.26 Å². The maximum atomic E-state index is 10.6. The van der Waals surface area contributed by atoms with Crippen molar-refractivity contribution in [3.05, 3.63) is 27.7 Å². The number of halogens is 1. The molecule has 0 spiro atoms. The Labute approximate surface area is 95.2 Å². The van der Waals surface area contributed by atoms with Crippen molar-refractivity contribution >= 4 is 21.9 Å². The standard InChI is InChI=1S/C10H8BrNO3/c1-15-10-7(4-9(13)14)6(5-12)2-3-8(10)11/h2-3H,4H2,1H3,(H,13,14). The molecule has 0 fully saturated rings. The van der Waals surface area contributed by atoms with Crippen molar-refractivity contribution in [3.8, 4) is 11.8 Å². The number of nitriles is 1. The van der Waals surface area contributed by atoms with Gasteiger partial charge in [0.2, 0.25) is 0 Å². The number of hydrogen-bond donors (Lipinski definition) is 1. The summed E-state index contributed by atoms with van der Waals surface area (Å²) in [4.78, 5) is 10.6. The normalized spacial score (nSPS) is 9.40. The van der Waals surface area contributed by atoms with Crippen LogP contribution in [0.15, 0.2) is 16.6 Å². The molecule has 15 heavy (non-hydrogen) atoms. The summed E-state index contributed by atoms with van der Waals surface area (Å²) in [5.41, 5.74) is 0.708. The van der Waals surface area contributed by atoms with Gasteiger partial charge in [-0.05, 0) is 28.1 Å². The SMILES string of the molecule is COc1c(Br)ccc(C#N)c1CC(=O)O. The van der Waals surface area contributed by atoms with E-state index in [1.807, 2.05) is 6.07 Å². The van der Waals surface area contributed by atoms with E-state index < -0.39 is 5.97 Å². The van der Waals surface area contributed by atoms with Crippen LogP contribution < -0.4 is 4.74 Å². The number of nitrogens with zero attached hydrogens (tertiary/aromatic N) is 1. The van der Waals surface area contributed by atoms with Crippen LogP contribution in [-0.2, 0) is 11.2 Å². The van der Waals surface area contributed by atoms with Gasteiger partial charge in [-0.1, -0.05) is 0 Å². The van der Waals surface area contributed by atoms with E-state index in [1.165, 1.54) is 7.11 Å². The maximum Gasteiger partial charge on any atom is 0.308 e. The number of methoxy groups -OCH3 is 1. The van der Waals surface area contributed by atoms with E-state index in [0.29, 0.717) is 21.3 Å². The molecule has 4 nitrogen and oxygen atoms in total. The Hall–Kier alpha value is -1.54. The molecule has 0 unspecified atom stereocenters. The lowest BCUT2D eigenvalue weighted by Crippen LogP contribution is -2.05. The number of aliphatic carboxylic acids is 1. The molecule has 0 atom stereocenters. The number of benzene rings is 1. The van der Waals surface area contributed by atoms with Crippen molar-refractivity contribution in [2.75, 3.05) is 7.11 Å². The smallest absolute Gasteiger partial charge is 0.308 e. The summed E-state index contributed by atoms with van der Waals surface area (Å²) in [5, 5.41) is 17.5. The van der Waals surface area contributed by atoms with Gasteiger partial charge in [0.25, 0.3) is 0 Å². The van der Waals surface area contributed by atoms with E-state index in [-0.39, 0.29) is 6.42 Å². The highest BCUT2D eigenvalue weighted by Gasteiger charge is 2.15. The number of carbonyl (C=O) groups is 1. The Morgan fingerprint density at radius 2 is 2.33 bits per heavy atom. The second kappa shape index (κ2) is 4.80. The maximum absolute atomic E-state index is 10.6. The molecule has 0 aliphatic heterocycles. The van der Waals surface area contributed by atoms with Crippen molar-refractivity contribution in [2.24, 2.45) is 0 Å². The third kappa shape index (κ3) is 2.48. The minimum Gasteiger partial charge on any atom is -0.495 e. The van der Waals surface area contributed by atoms with Gasteiger partial charge in [-0.3, -0.25) is 4.79 Å². The van der Waals surface area contributed by atoms with Crippen molar-refractivity contribution < 1.29 is 14.6 Å². The zero-order valence-electron chi connectivity index (χ0n) is 7.95. The summed E-state index contributed by atoms with van der Waals surface area (Å²) in [7, 11) is 1.44. The molecule has 0 heterocycles.